The van der Waals surface area contributed by atoms with E-state index in [1.54, 1.807) is 0 Å². The monoisotopic (exact) mass is 224 g/mol. The molecule has 0 saturated heterocycles. The maximum absolute atomic E-state index is 4.49. The van der Waals surface area contributed by atoms with Gasteiger partial charge in [0.05, 0.1) is 0 Å². The number of benzene rings is 1. The Morgan fingerprint density at radius 3 is 1.79 bits per heavy atom. The third-order valence-corrected chi connectivity index (χ3v) is 3.22. The van der Waals surface area contributed by atoms with Crippen LogP contribution in [0.1, 0.15) is 29.2 Å². The van der Waals surface area contributed by atoms with E-state index in [2.05, 4.69) is 58.2 Å². The average molecular weight is 224 g/mol. The van der Waals surface area contributed by atoms with Gasteiger partial charge in [-0.25, -0.2) is 0 Å². The Morgan fingerprint density at radius 2 is 1.43 bits per heavy atom. The summed E-state index contributed by atoms with van der Waals surface area (Å²) in [5.41, 5.74) is 5.04. The van der Waals surface area contributed by atoms with Crippen LogP contribution in [0.2, 0.25) is 0 Å². The highest BCUT2D eigenvalue weighted by molar-refractivity contribution is 7.93. The quantitative estimate of drug-likeness (QED) is 0.658. The molecule has 0 nitrogen and oxygen atoms in total. The minimum Gasteiger partial charge on any atom is -0.147 e. The Balaban J connectivity index is 3.43. The van der Waals surface area contributed by atoms with Gasteiger partial charge in [-0.05, 0) is 49.3 Å². The molecule has 1 aromatic rings. The number of aryl methyl sites for hydroxylation is 3. The van der Waals surface area contributed by atoms with Gasteiger partial charge in [0, 0.05) is 4.91 Å². The van der Waals surface area contributed by atoms with E-state index in [0.717, 1.165) is 9.81 Å². The molecule has 0 N–H and O–H groups in total. The summed E-state index contributed by atoms with van der Waals surface area (Å²) in [7, 11) is 0. The van der Waals surface area contributed by atoms with Crippen molar-refractivity contribution in [3.05, 3.63) is 39.3 Å². The van der Waals surface area contributed by atoms with Crippen LogP contribution >= 0.6 is 25.3 Å². The van der Waals surface area contributed by atoms with Gasteiger partial charge in [0.25, 0.3) is 0 Å². The van der Waals surface area contributed by atoms with Gasteiger partial charge in [-0.2, -0.15) is 0 Å². The maximum atomic E-state index is 4.49. The largest absolute Gasteiger partial charge is 0.147 e. The molecule has 0 bridgehead atoms. The van der Waals surface area contributed by atoms with Gasteiger partial charge in [0.2, 0.25) is 0 Å². The first-order chi connectivity index (χ1) is 6.43. The predicted molar refractivity (Wildman–Crippen MR) is 71.2 cm³/mol. The van der Waals surface area contributed by atoms with Gasteiger partial charge in [-0.15, -0.1) is 25.3 Å². The molecular weight excluding hydrogens is 208 g/mol. The van der Waals surface area contributed by atoms with E-state index >= 15 is 0 Å². The van der Waals surface area contributed by atoms with E-state index in [9.17, 15) is 0 Å². The number of hydrogen-bond acceptors (Lipinski definition) is 2. The molecule has 0 heterocycles. The van der Waals surface area contributed by atoms with Crippen LogP contribution in [0.15, 0.2) is 17.0 Å². The van der Waals surface area contributed by atoms with Crippen molar-refractivity contribution in [1.82, 2.24) is 0 Å². The van der Waals surface area contributed by atoms with Crippen LogP contribution in [0.3, 0.4) is 0 Å². The summed E-state index contributed by atoms with van der Waals surface area (Å²) in [6, 6.07) is 4.35. The van der Waals surface area contributed by atoms with E-state index in [4.69, 9.17) is 0 Å². The van der Waals surface area contributed by atoms with Crippen LogP contribution < -0.4 is 0 Å². The normalized spacial score (nSPS) is 12.7. The summed E-state index contributed by atoms with van der Waals surface area (Å²) in [6.07, 6.45) is 0. The average Bonchev–Trinajstić information content (AvgIpc) is 2.01. The summed E-state index contributed by atoms with van der Waals surface area (Å²) < 4.78 is 0. The second kappa shape index (κ2) is 4.45. The van der Waals surface area contributed by atoms with Crippen molar-refractivity contribution >= 4 is 30.2 Å². The fourth-order valence-corrected chi connectivity index (χ4v) is 2.20. The molecular formula is C12H16S2. The molecule has 0 amide bonds. The highest BCUT2D eigenvalue weighted by Gasteiger charge is 2.07. The van der Waals surface area contributed by atoms with Crippen molar-refractivity contribution in [2.24, 2.45) is 0 Å². The van der Waals surface area contributed by atoms with Crippen molar-refractivity contribution in [3.63, 3.8) is 0 Å². The van der Waals surface area contributed by atoms with Gasteiger partial charge in [0.15, 0.2) is 0 Å². The van der Waals surface area contributed by atoms with Gasteiger partial charge in [0.1, 0.15) is 0 Å². The van der Waals surface area contributed by atoms with Crippen molar-refractivity contribution in [1.29, 1.82) is 0 Å². The third-order valence-electron chi connectivity index (χ3n) is 2.26. The minimum atomic E-state index is 0.961. The highest BCUT2D eigenvalue weighted by Crippen LogP contribution is 2.30. The van der Waals surface area contributed by atoms with E-state index in [1.165, 1.54) is 22.3 Å². The van der Waals surface area contributed by atoms with Crippen molar-refractivity contribution < 1.29 is 0 Å². The summed E-state index contributed by atoms with van der Waals surface area (Å²) in [6.45, 7) is 8.30. The lowest BCUT2D eigenvalue weighted by Crippen LogP contribution is -1.92. The molecule has 2 heteroatoms. The van der Waals surface area contributed by atoms with Gasteiger partial charge < -0.3 is 0 Å². The third kappa shape index (κ3) is 2.37. The minimum absolute atomic E-state index is 0.961. The van der Waals surface area contributed by atoms with Crippen molar-refractivity contribution in [2.45, 2.75) is 27.7 Å². The van der Waals surface area contributed by atoms with Gasteiger partial charge >= 0.3 is 0 Å². The lowest BCUT2D eigenvalue weighted by Gasteiger charge is -2.12. The Kier molecular flexibility index (Phi) is 3.73. The molecule has 0 fully saturated rings. The molecule has 76 valence electrons. The second-order valence-electron chi connectivity index (χ2n) is 3.71. The van der Waals surface area contributed by atoms with E-state index in [-0.39, 0.29) is 0 Å². The molecule has 0 aliphatic carbocycles. The topological polar surface area (TPSA) is 0 Å². The summed E-state index contributed by atoms with van der Waals surface area (Å²) in [4.78, 5) is 1.94. The second-order valence-corrected chi connectivity index (χ2v) is 4.83. The summed E-state index contributed by atoms with van der Waals surface area (Å²) >= 11 is 8.82. The Bertz CT molecular complexity index is 362. The zero-order valence-corrected chi connectivity index (χ0v) is 10.8. The standard InChI is InChI=1S/C12H16S2/c1-7-5-8(2)11(9(3)6-7)12(14)10(4)13/h5-6,13-14H,1-4H3. The van der Waals surface area contributed by atoms with E-state index in [0.29, 0.717) is 0 Å². The molecule has 0 atom stereocenters. The Morgan fingerprint density at radius 1 is 1.00 bits per heavy atom. The Labute approximate surface area is 97.2 Å². The summed E-state index contributed by atoms with van der Waals surface area (Å²) in [5.74, 6) is 0. The van der Waals surface area contributed by atoms with Crippen molar-refractivity contribution in [2.75, 3.05) is 0 Å². The molecule has 0 saturated carbocycles. The molecule has 0 aliphatic rings. The molecule has 0 unspecified atom stereocenters. The van der Waals surface area contributed by atoms with Crippen LogP contribution in [0.4, 0.5) is 0 Å². The molecule has 14 heavy (non-hydrogen) atoms. The molecule has 1 aromatic carbocycles. The maximum Gasteiger partial charge on any atom is 0.0208 e. The molecule has 1 rings (SSSR count). The molecule has 0 spiro atoms. The van der Waals surface area contributed by atoms with Crippen LogP contribution in [-0.4, -0.2) is 0 Å². The van der Waals surface area contributed by atoms with Crippen LogP contribution in [0.5, 0.6) is 0 Å². The lowest BCUT2D eigenvalue weighted by molar-refractivity contribution is 1.30. The highest BCUT2D eigenvalue weighted by atomic mass is 32.1. The first-order valence-corrected chi connectivity index (χ1v) is 5.50. The van der Waals surface area contributed by atoms with Crippen LogP contribution in [-0.2, 0) is 0 Å². The number of thiol groups is 2. The van der Waals surface area contributed by atoms with E-state index < -0.39 is 0 Å². The number of allylic oxidation sites excluding steroid dienone is 1. The van der Waals surface area contributed by atoms with Gasteiger partial charge in [-0.3, -0.25) is 0 Å². The molecule has 0 aliphatic heterocycles. The van der Waals surface area contributed by atoms with E-state index in [1.807, 2.05) is 6.92 Å². The van der Waals surface area contributed by atoms with Crippen LogP contribution in [0.25, 0.3) is 4.91 Å². The lowest BCUT2D eigenvalue weighted by atomic mass is 9.99. The smallest absolute Gasteiger partial charge is 0.0208 e. The van der Waals surface area contributed by atoms with Crippen molar-refractivity contribution in [3.8, 4) is 0 Å². The number of rotatable bonds is 1. The Hall–Kier alpha value is -0.340. The fourth-order valence-electron chi connectivity index (χ4n) is 1.73. The molecule has 0 aromatic heterocycles. The summed E-state index contributed by atoms with van der Waals surface area (Å²) in [5, 5.41) is 0. The predicted octanol–water partition coefficient (Wildman–Crippen LogP) is 4.16. The molecule has 0 radical (unpaired) electrons. The first-order valence-electron chi connectivity index (χ1n) is 4.60. The zero-order chi connectivity index (χ0) is 10.9. The zero-order valence-electron chi connectivity index (χ0n) is 9.05. The SMILES string of the molecule is CC(S)=C(S)c1c(C)cc(C)cc1C. The van der Waals surface area contributed by atoms with Crippen LogP contribution in [0, 0.1) is 20.8 Å². The fraction of sp³-hybridized carbons (Fsp3) is 0.333. The van der Waals surface area contributed by atoms with Gasteiger partial charge in [-0.1, -0.05) is 17.7 Å². The number of hydrogen-bond donors (Lipinski definition) is 2. The first kappa shape index (κ1) is 11.7.